The van der Waals surface area contributed by atoms with Crippen LogP contribution in [0.15, 0.2) is 47.6 Å². The molecule has 1 aliphatic rings. The summed E-state index contributed by atoms with van der Waals surface area (Å²) in [6.07, 6.45) is 7.70. The third-order valence-electron chi connectivity index (χ3n) is 4.24. The van der Waals surface area contributed by atoms with Crippen LogP contribution in [0.2, 0.25) is 5.02 Å². The standard InChI is InChI=1S/C17H12ClN5O/c1-22-8-10-6-14-16(17-19-4-5-24-17)20-9-23(14)13-3-2-11(18)7-12(13)15(10)21-22/h2-5,7-9H,6H2,1H3. The summed E-state index contributed by atoms with van der Waals surface area (Å²) in [6.45, 7) is 0. The van der Waals surface area contributed by atoms with E-state index >= 15 is 0 Å². The summed E-state index contributed by atoms with van der Waals surface area (Å²) < 4.78 is 9.34. The van der Waals surface area contributed by atoms with Gasteiger partial charge in [-0.2, -0.15) is 5.10 Å². The molecule has 0 bridgehead atoms. The fraction of sp³-hybridized carbons (Fsp3) is 0.118. The second-order valence-corrected chi connectivity index (χ2v) is 6.20. The summed E-state index contributed by atoms with van der Waals surface area (Å²) in [4.78, 5) is 8.77. The maximum absolute atomic E-state index is 6.23. The lowest BCUT2D eigenvalue weighted by molar-refractivity contribution is 0.571. The highest BCUT2D eigenvalue weighted by Crippen LogP contribution is 2.38. The normalized spacial score (nSPS) is 12.4. The number of fused-ring (bicyclic) bond motifs is 5. The molecule has 5 rings (SSSR count). The maximum Gasteiger partial charge on any atom is 0.246 e. The van der Waals surface area contributed by atoms with E-state index in [9.17, 15) is 0 Å². The second kappa shape index (κ2) is 4.82. The van der Waals surface area contributed by atoms with Gasteiger partial charge in [0.1, 0.15) is 18.3 Å². The second-order valence-electron chi connectivity index (χ2n) is 5.76. The number of nitrogens with zero attached hydrogens (tertiary/aromatic N) is 5. The van der Waals surface area contributed by atoms with Crippen molar-refractivity contribution in [3.8, 4) is 28.5 Å². The zero-order valence-corrected chi connectivity index (χ0v) is 13.5. The van der Waals surface area contributed by atoms with Crippen molar-refractivity contribution in [3.63, 3.8) is 0 Å². The molecule has 0 aliphatic carbocycles. The molecule has 6 nitrogen and oxygen atoms in total. The highest BCUT2D eigenvalue weighted by atomic mass is 35.5. The van der Waals surface area contributed by atoms with Crippen LogP contribution in [-0.4, -0.2) is 24.3 Å². The molecule has 0 fully saturated rings. The van der Waals surface area contributed by atoms with E-state index in [1.165, 1.54) is 0 Å². The van der Waals surface area contributed by atoms with Crippen molar-refractivity contribution in [1.82, 2.24) is 24.3 Å². The molecule has 0 saturated heterocycles. The average molecular weight is 338 g/mol. The third kappa shape index (κ3) is 1.86. The molecule has 24 heavy (non-hydrogen) atoms. The predicted octanol–water partition coefficient (Wildman–Crippen LogP) is 3.49. The molecule has 4 heterocycles. The van der Waals surface area contributed by atoms with Gasteiger partial charge in [-0.1, -0.05) is 11.6 Å². The molecule has 0 saturated carbocycles. The first-order valence-corrected chi connectivity index (χ1v) is 7.87. The SMILES string of the molecule is Cn1cc2c(n1)-c1cc(Cl)ccc1-n1cnc(-c3ncco3)c1C2. The largest absolute Gasteiger partial charge is 0.443 e. The van der Waals surface area contributed by atoms with Crippen LogP contribution < -0.4 is 0 Å². The first-order valence-electron chi connectivity index (χ1n) is 7.49. The maximum atomic E-state index is 6.23. The lowest BCUT2D eigenvalue weighted by Crippen LogP contribution is -2.00. The first-order chi connectivity index (χ1) is 11.7. The van der Waals surface area contributed by atoms with Crippen LogP contribution in [0.4, 0.5) is 0 Å². The Morgan fingerprint density at radius 3 is 2.96 bits per heavy atom. The lowest BCUT2D eigenvalue weighted by Gasteiger charge is -2.09. The minimum absolute atomic E-state index is 0.520. The van der Waals surface area contributed by atoms with E-state index in [1.807, 2.05) is 36.1 Å². The van der Waals surface area contributed by atoms with Gasteiger partial charge in [-0.15, -0.1) is 0 Å². The molecule has 4 aromatic rings. The van der Waals surface area contributed by atoms with Gasteiger partial charge >= 0.3 is 0 Å². The van der Waals surface area contributed by atoms with Crippen molar-refractivity contribution in [2.75, 3.05) is 0 Å². The fourth-order valence-electron chi connectivity index (χ4n) is 3.25. The van der Waals surface area contributed by atoms with Crippen molar-refractivity contribution in [2.45, 2.75) is 6.42 Å². The Labute approximate surface area is 142 Å². The summed E-state index contributed by atoms with van der Waals surface area (Å²) in [7, 11) is 1.92. The molecule has 0 spiro atoms. The highest BCUT2D eigenvalue weighted by molar-refractivity contribution is 6.31. The molecule has 118 valence electrons. The van der Waals surface area contributed by atoms with Crippen LogP contribution in [0.3, 0.4) is 0 Å². The topological polar surface area (TPSA) is 61.7 Å². The van der Waals surface area contributed by atoms with Crippen LogP contribution >= 0.6 is 11.6 Å². The van der Waals surface area contributed by atoms with Gasteiger partial charge in [0.25, 0.3) is 0 Å². The molecule has 1 aromatic carbocycles. The van der Waals surface area contributed by atoms with E-state index in [0.717, 1.165) is 33.9 Å². The van der Waals surface area contributed by atoms with Gasteiger partial charge < -0.3 is 8.98 Å². The molecule has 0 atom stereocenters. The minimum atomic E-state index is 0.520. The molecular formula is C17H12ClN5O. The number of hydrogen-bond donors (Lipinski definition) is 0. The van der Waals surface area contributed by atoms with E-state index < -0.39 is 0 Å². The van der Waals surface area contributed by atoms with Crippen LogP contribution in [0.5, 0.6) is 0 Å². The van der Waals surface area contributed by atoms with Gasteiger partial charge in [-0.05, 0) is 18.2 Å². The fourth-order valence-corrected chi connectivity index (χ4v) is 3.42. The third-order valence-corrected chi connectivity index (χ3v) is 4.47. The summed E-state index contributed by atoms with van der Waals surface area (Å²) >= 11 is 6.23. The van der Waals surface area contributed by atoms with Crippen LogP contribution in [0.25, 0.3) is 28.5 Å². The Bertz CT molecular complexity index is 1060. The Morgan fingerprint density at radius 1 is 1.21 bits per heavy atom. The van der Waals surface area contributed by atoms with Crippen molar-refractivity contribution in [2.24, 2.45) is 7.05 Å². The molecule has 0 N–H and O–H groups in total. The first kappa shape index (κ1) is 13.6. The monoisotopic (exact) mass is 337 g/mol. The number of halogens is 1. The number of rotatable bonds is 1. The zero-order valence-electron chi connectivity index (χ0n) is 12.8. The van der Waals surface area contributed by atoms with Gasteiger partial charge in [0.15, 0.2) is 0 Å². The lowest BCUT2D eigenvalue weighted by atomic mass is 10.0. The van der Waals surface area contributed by atoms with E-state index in [-0.39, 0.29) is 0 Å². The number of benzene rings is 1. The Balaban J connectivity index is 1.84. The van der Waals surface area contributed by atoms with Gasteiger partial charge in [-0.25, -0.2) is 9.97 Å². The Kier molecular flexibility index (Phi) is 2.72. The number of imidazole rings is 1. The van der Waals surface area contributed by atoms with Crippen molar-refractivity contribution < 1.29 is 4.42 Å². The molecule has 3 aromatic heterocycles. The van der Waals surface area contributed by atoms with Gasteiger partial charge in [0.2, 0.25) is 5.89 Å². The summed E-state index contributed by atoms with van der Waals surface area (Å²) in [5, 5.41) is 5.32. The zero-order chi connectivity index (χ0) is 16.3. The molecular weight excluding hydrogens is 326 g/mol. The van der Waals surface area contributed by atoms with E-state index in [0.29, 0.717) is 17.3 Å². The molecule has 0 unspecified atom stereocenters. The van der Waals surface area contributed by atoms with Crippen LogP contribution in [-0.2, 0) is 13.5 Å². The van der Waals surface area contributed by atoms with E-state index in [4.69, 9.17) is 16.0 Å². The Morgan fingerprint density at radius 2 is 2.12 bits per heavy atom. The molecule has 0 radical (unpaired) electrons. The average Bonchev–Trinajstić information content (AvgIpc) is 3.26. The molecule has 1 aliphatic heterocycles. The van der Waals surface area contributed by atoms with E-state index in [1.54, 1.807) is 18.8 Å². The smallest absolute Gasteiger partial charge is 0.246 e. The van der Waals surface area contributed by atoms with Crippen molar-refractivity contribution in [1.29, 1.82) is 0 Å². The predicted molar refractivity (Wildman–Crippen MR) is 89.1 cm³/mol. The number of aryl methyl sites for hydroxylation is 1. The number of oxazole rings is 1. The van der Waals surface area contributed by atoms with E-state index in [2.05, 4.69) is 19.6 Å². The number of aromatic nitrogens is 5. The summed E-state index contributed by atoms with van der Waals surface area (Å²) in [5.41, 5.74) is 5.82. The number of hydrogen-bond acceptors (Lipinski definition) is 4. The minimum Gasteiger partial charge on any atom is -0.443 e. The molecule has 7 heteroatoms. The van der Waals surface area contributed by atoms with Gasteiger partial charge in [-0.3, -0.25) is 4.68 Å². The molecule has 0 amide bonds. The van der Waals surface area contributed by atoms with Gasteiger partial charge in [0, 0.05) is 35.8 Å². The quantitative estimate of drug-likeness (QED) is 0.470. The van der Waals surface area contributed by atoms with Gasteiger partial charge in [0.05, 0.1) is 23.3 Å². The summed E-state index contributed by atoms with van der Waals surface area (Å²) in [6, 6.07) is 5.82. The van der Waals surface area contributed by atoms with Crippen molar-refractivity contribution in [3.05, 3.63) is 59.5 Å². The summed E-state index contributed by atoms with van der Waals surface area (Å²) in [5.74, 6) is 0.520. The Hall–Kier alpha value is -2.86. The highest BCUT2D eigenvalue weighted by Gasteiger charge is 2.26. The van der Waals surface area contributed by atoms with Crippen molar-refractivity contribution >= 4 is 11.6 Å². The van der Waals surface area contributed by atoms with Crippen LogP contribution in [0.1, 0.15) is 11.3 Å². The van der Waals surface area contributed by atoms with Crippen LogP contribution in [0, 0.1) is 0 Å².